The van der Waals surface area contributed by atoms with Crippen LogP contribution in [0.15, 0.2) is 11.5 Å². The Labute approximate surface area is 141 Å². The molecule has 0 atom stereocenters. The molecule has 2 N–H and O–H groups in total. The van der Waals surface area contributed by atoms with E-state index in [1.165, 1.54) is 32.7 Å². The minimum Gasteiger partial charge on any atom is -0.495 e. The van der Waals surface area contributed by atoms with Crippen LogP contribution in [0.2, 0.25) is 0 Å². The summed E-state index contributed by atoms with van der Waals surface area (Å²) < 4.78 is 5.95. The zero-order valence-electron chi connectivity index (χ0n) is 15.3. The molecule has 0 aromatic heterocycles. The molecule has 1 aliphatic carbocycles. The number of piperazine rings is 1. The van der Waals surface area contributed by atoms with Crippen molar-refractivity contribution in [3.05, 3.63) is 11.5 Å². The highest BCUT2D eigenvalue weighted by Gasteiger charge is 2.30. The van der Waals surface area contributed by atoms with Gasteiger partial charge in [-0.3, -0.25) is 4.90 Å². The van der Waals surface area contributed by atoms with E-state index in [1.807, 2.05) is 13.8 Å². The van der Waals surface area contributed by atoms with Gasteiger partial charge in [-0.2, -0.15) is 0 Å². The van der Waals surface area contributed by atoms with Crippen molar-refractivity contribution in [3.8, 4) is 0 Å². The third kappa shape index (κ3) is 6.32. The van der Waals surface area contributed by atoms with Crippen LogP contribution in [-0.2, 0) is 4.74 Å². The van der Waals surface area contributed by atoms with Crippen LogP contribution >= 0.6 is 0 Å². The summed E-state index contributed by atoms with van der Waals surface area (Å²) in [4.78, 5) is 5.08. The Morgan fingerprint density at radius 3 is 2.30 bits per heavy atom. The molecule has 1 saturated carbocycles. The van der Waals surface area contributed by atoms with Crippen molar-refractivity contribution < 1.29 is 9.84 Å². The monoisotopic (exact) mass is 325 g/mol. The summed E-state index contributed by atoms with van der Waals surface area (Å²) in [6.45, 7) is 16.2. The fourth-order valence-electron chi connectivity index (χ4n) is 3.22. The molecule has 2 rings (SSSR count). The van der Waals surface area contributed by atoms with E-state index in [-0.39, 0.29) is 0 Å². The first-order valence-electron chi connectivity index (χ1n) is 9.13. The lowest BCUT2D eigenvalue weighted by molar-refractivity contribution is -0.0283. The third-order valence-corrected chi connectivity index (χ3v) is 4.76. The van der Waals surface area contributed by atoms with E-state index in [4.69, 9.17) is 4.74 Å². The Balaban J connectivity index is 1.50. The van der Waals surface area contributed by atoms with Gasteiger partial charge in [0.25, 0.3) is 0 Å². The predicted octanol–water partition coefficient (Wildman–Crippen LogP) is 2.21. The molecule has 0 spiro atoms. The highest BCUT2D eigenvalue weighted by Crippen LogP contribution is 2.24. The number of aliphatic hydroxyl groups is 1. The quantitative estimate of drug-likeness (QED) is 0.670. The standard InChI is InChI=1S/C18H35N3O2/c1-14(2)13-21-7-5-20(6-8-21)9-10-23-17-11-16(12-17)19-18(22)15(3)4/h14,16-17,19,22H,5-13H2,1-4H3/t16-,17-. The maximum absolute atomic E-state index is 9.69. The Morgan fingerprint density at radius 1 is 1.13 bits per heavy atom. The second-order valence-electron chi connectivity index (χ2n) is 7.69. The molecule has 23 heavy (non-hydrogen) atoms. The van der Waals surface area contributed by atoms with Gasteiger partial charge in [-0.25, -0.2) is 0 Å². The molecule has 1 aliphatic heterocycles. The zero-order valence-corrected chi connectivity index (χ0v) is 15.3. The number of rotatable bonds is 8. The number of nitrogens with one attached hydrogen (secondary N) is 1. The van der Waals surface area contributed by atoms with Crippen molar-refractivity contribution >= 4 is 0 Å². The molecular formula is C18H35N3O2. The van der Waals surface area contributed by atoms with Gasteiger partial charge >= 0.3 is 0 Å². The van der Waals surface area contributed by atoms with Crippen molar-refractivity contribution in [1.29, 1.82) is 0 Å². The molecule has 2 aliphatic rings. The van der Waals surface area contributed by atoms with Crippen LogP contribution < -0.4 is 5.32 Å². The van der Waals surface area contributed by atoms with Gasteiger partial charge in [0.15, 0.2) is 5.88 Å². The lowest BCUT2D eigenvalue weighted by Gasteiger charge is -2.38. The van der Waals surface area contributed by atoms with E-state index in [0.717, 1.165) is 37.5 Å². The summed E-state index contributed by atoms with van der Waals surface area (Å²) in [6, 6.07) is 0.370. The summed E-state index contributed by atoms with van der Waals surface area (Å²) >= 11 is 0. The van der Waals surface area contributed by atoms with E-state index >= 15 is 0 Å². The number of allylic oxidation sites excluding steroid dienone is 1. The Bertz CT molecular complexity index is 380. The fourth-order valence-corrected chi connectivity index (χ4v) is 3.22. The van der Waals surface area contributed by atoms with Crippen LogP contribution in [0.4, 0.5) is 0 Å². The topological polar surface area (TPSA) is 48.0 Å². The smallest absolute Gasteiger partial charge is 0.182 e. The molecule has 0 unspecified atom stereocenters. The van der Waals surface area contributed by atoms with Gasteiger partial charge in [0.05, 0.1) is 12.7 Å². The SMILES string of the molecule is CC(C)=C(O)N[C@H]1C[C@H](OCCN2CCN(CC(C)C)CC2)C1. The predicted molar refractivity (Wildman–Crippen MR) is 94.6 cm³/mol. The first-order valence-corrected chi connectivity index (χ1v) is 9.13. The molecule has 0 bridgehead atoms. The van der Waals surface area contributed by atoms with E-state index < -0.39 is 0 Å². The van der Waals surface area contributed by atoms with Gasteiger partial charge in [-0.05, 0) is 38.2 Å². The molecule has 0 aromatic carbocycles. The number of aliphatic hydroxyl groups excluding tert-OH is 1. The van der Waals surface area contributed by atoms with Gasteiger partial charge in [0.2, 0.25) is 0 Å². The first kappa shape index (κ1) is 18.6. The first-order chi connectivity index (χ1) is 10.9. The fraction of sp³-hybridized carbons (Fsp3) is 0.889. The Hall–Kier alpha value is -0.780. The highest BCUT2D eigenvalue weighted by atomic mass is 16.5. The highest BCUT2D eigenvalue weighted by molar-refractivity contribution is 5.02. The van der Waals surface area contributed by atoms with E-state index in [2.05, 4.69) is 29.0 Å². The van der Waals surface area contributed by atoms with Gasteiger partial charge in [-0.15, -0.1) is 0 Å². The van der Waals surface area contributed by atoms with Gasteiger partial charge in [0, 0.05) is 45.3 Å². The van der Waals surface area contributed by atoms with Crippen LogP contribution in [0.25, 0.3) is 0 Å². The van der Waals surface area contributed by atoms with Gasteiger partial charge in [0.1, 0.15) is 0 Å². The van der Waals surface area contributed by atoms with E-state index in [1.54, 1.807) is 0 Å². The van der Waals surface area contributed by atoms with Crippen molar-refractivity contribution in [2.45, 2.75) is 52.7 Å². The van der Waals surface area contributed by atoms with Crippen LogP contribution in [-0.4, -0.2) is 72.9 Å². The lowest BCUT2D eigenvalue weighted by atomic mass is 9.89. The molecule has 0 amide bonds. The summed E-state index contributed by atoms with van der Waals surface area (Å²) in [7, 11) is 0. The Morgan fingerprint density at radius 2 is 1.74 bits per heavy atom. The summed E-state index contributed by atoms with van der Waals surface area (Å²) in [5, 5.41) is 12.8. The van der Waals surface area contributed by atoms with Crippen LogP contribution in [0.3, 0.4) is 0 Å². The molecule has 134 valence electrons. The second kappa shape index (κ2) is 8.90. The minimum absolute atomic E-state index is 0.327. The van der Waals surface area contributed by atoms with Crippen molar-refractivity contribution in [2.75, 3.05) is 45.9 Å². The molecule has 1 saturated heterocycles. The van der Waals surface area contributed by atoms with Crippen LogP contribution in [0, 0.1) is 5.92 Å². The van der Waals surface area contributed by atoms with Crippen LogP contribution in [0.1, 0.15) is 40.5 Å². The average Bonchev–Trinajstić information content (AvgIpc) is 2.45. The van der Waals surface area contributed by atoms with Gasteiger partial charge < -0.3 is 20.1 Å². The molecule has 0 aromatic rings. The maximum Gasteiger partial charge on any atom is 0.182 e. The second-order valence-corrected chi connectivity index (χ2v) is 7.69. The summed E-state index contributed by atoms with van der Waals surface area (Å²) in [5.41, 5.74) is 0.936. The lowest BCUT2D eigenvalue weighted by Crippen LogP contribution is -2.49. The average molecular weight is 325 g/mol. The number of hydrogen-bond donors (Lipinski definition) is 2. The third-order valence-electron chi connectivity index (χ3n) is 4.76. The number of nitrogens with zero attached hydrogens (tertiary/aromatic N) is 2. The number of ether oxygens (including phenoxy) is 1. The van der Waals surface area contributed by atoms with E-state index in [9.17, 15) is 5.11 Å². The molecule has 5 heteroatoms. The van der Waals surface area contributed by atoms with Crippen molar-refractivity contribution in [2.24, 2.45) is 5.92 Å². The molecule has 2 fully saturated rings. The molecule has 5 nitrogen and oxygen atoms in total. The van der Waals surface area contributed by atoms with Crippen LogP contribution in [0.5, 0.6) is 0 Å². The van der Waals surface area contributed by atoms with Crippen molar-refractivity contribution in [1.82, 2.24) is 15.1 Å². The summed E-state index contributed by atoms with van der Waals surface area (Å²) in [5.74, 6) is 1.09. The normalized spacial score (nSPS) is 26.1. The molecular weight excluding hydrogens is 290 g/mol. The zero-order chi connectivity index (χ0) is 16.8. The Kier molecular flexibility index (Phi) is 7.18. The number of hydrogen-bond acceptors (Lipinski definition) is 5. The van der Waals surface area contributed by atoms with Crippen molar-refractivity contribution in [3.63, 3.8) is 0 Å². The van der Waals surface area contributed by atoms with Gasteiger partial charge in [-0.1, -0.05) is 13.8 Å². The summed E-state index contributed by atoms with van der Waals surface area (Å²) in [6.07, 6.45) is 2.36. The maximum atomic E-state index is 9.69. The largest absolute Gasteiger partial charge is 0.495 e. The minimum atomic E-state index is 0.327. The van der Waals surface area contributed by atoms with E-state index in [0.29, 0.717) is 18.0 Å². The molecule has 0 radical (unpaired) electrons. The molecule has 1 heterocycles.